The van der Waals surface area contributed by atoms with Gasteiger partial charge in [-0.25, -0.2) is 0 Å². The van der Waals surface area contributed by atoms with E-state index in [1.165, 1.54) is 0 Å². The zero-order valence-electron chi connectivity index (χ0n) is 9.49. The maximum Gasteiger partial charge on any atom is 0.243 e. The van der Waals surface area contributed by atoms with E-state index in [1.807, 2.05) is 20.8 Å². The molecule has 6 heteroatoms. The van der Waals surface area contributed by atoms with Crippen LogP contribution >= 0.6 is 11.6 Å². The van der Waals surface area contributed by atoms with Crippen molar-refractivity contribution in [2.45, 2.75) is 26.8 Å². The molecule has 0 aromatic carbocycles. The lowest BCUT2D eigenvalue weighted by molar-refractivity contribution is -0.119. The number of anilines is 1. The van der Waals surface area contributed by atoms with E-state index < -0.39 is 6.04 Å². The molecule has 0 radical (unpaired) electrons. The summed E-state index contributed by atoms with van der Waals surface area (Å²) >= 11 is 5.57. The van der Waals surface area contributed by atoms with Crippen molar-refractivity contribution in [1.82, 2.24) is 10.2 Å². The second-order valence-electron chi connectivity index (χ2n) is 4.57. The first-order chi connectivity index (χ1) is 7.30. The van der Waals surface area contributed by atoms with Crippen molar-refractivity contribution in [3.05, 3.63) is 17.3 Å². The van der Waals surface area contributed by atoms with Crippen molar-refractivity contribution in [2.24, 2.45) is 11.1 Å². The van der Waals surface area contributed by atoms with Crippen LogP contribution in [0.25, 0.3) is 0 Å². The normalized spacial score (nSPS) is 13.3. The van der Waals surface area contributed by atoms with Crippen LogP contribution in [0.1, 0.15) is 20.8 Å². The van der Waals surface area contributed by atoms with Crippen LogP contribution in [0.5, 0.6) is 0 Å². The third-order valence-electron chi connectivity index (χ3n) is 2.10. The number of carbonyl (C=O) groups is 1. The van der Waals surface area contributed by atoms with Gasteiger partial charge in [-0.1, -0.05) is 32.4 Å². The molecular formula is C10H15ClN4O. The predicted octanol–water partition coefficient (Wildman–Crippen LogP) is 1.44. The third kappa shape index (κ3) is 3.43. The quantitative estimate of drug-likeness (QED) is 0.822. The molecule has 1 heterocycles. The third-order valence-corrected chi connectivity index (χ3v) is 2.30. The highest BCUT2D eigenvalue weighted by atomic mass is 35.5. The molecule has 5 nitrogen and oxygen atoms in total. The Hall–Kier alpha value is -1.20. The van der Waals surface area contributed by atoms with Gasteiger partial charge in [0.15, 0.2) is 11.0 Å². The average Bonchev–Trinajstić information content (AvgIpc) is 2.19. The number of aromatic nitrogens is 2. The largest absolute Gasteiger partial charge is 0.319 e. The monoisotopic (exact) mass is 242 g/mol. The van der Waals surface area contributed by atoms with Gasteiger partial charge in [0, 0.05) is 0 Å². The van der Waals surface area contributed by atoms with Crippen molar-refractivity contribution in [1.29, 1.82) is 0 Å². The zero-order chi connectivity index (χ0) is 12.3. The van der Waals surface area contributed by atoms with Crippen LogP contribution in [0.3, 0.4) is 0 Å². The first-order valence-electron chi connectivity index (χ1n) is 4.86. The minimum absolute atomic E-state index is 0.276. The van der Waals surface area contributed by atoms with E-state index in [4.69, 9.17) is 17.3 Å². The first-order valence-corrected chi connectivity index (χ1v) is 5.24. The van der Waals surface area contributed by atoms with Gasteiger partial charge in [-0.05, 0) is 17.5 Å². The van der Waals surface area contributed by atoms with Crippen LogP contribution in [0.2, 0.25) is 5.15 Å². The van der Waals surface area contributed by atoms with E-state index in [9.17, 15) is 4.79 Å². The Labute approximate surface area is 99.4 Å². The number of halogens is 1. The Bertz CT molecular complexity index is 371. The van der Waals surface area contributed by atoms with E-state index in [0.717, 1.165) is 0 Å². The number of nitrogens with zero attached hydrogens (tertiary/aromatic N) is 2. The van der Waals surface area contributed by atoms with Gasteiger partial charge in [0.25, 0.3) is 0 Å². The molecule has 0 unspecified atom stereocenters. The summed E-state index contributed by atoms with van der Waals surface area (Å²) in [6, 6.07) is 2.51. The molecule has 1 aromatic heterocycles. The van der Waals surface area contributed by atoms with Crippen LogP contribution in [-0.2, 0) is 4.79 Å². The Morgan fingerprint density at radius 1 is 1.44 bits per heavy atom. The number of nitrogens with one attached hydrogen (secondary N) is 1. The maximum atomic E-state index is 11.7. The Morgan fingerprint density at radius 2 is 2.06 bits per heavy atom. The summed E-state index contributed by atoms with van der Waals surface area (Å²) in [5, 5.41) is 10.2. The molecule has 16 heavy (non-hydrogen) atoms. The van der Waals surface area contributed by atoms with E-state index in [1.54, 1.807) is 12.1 Å². The molecule has 0 aliphatic rings. The number of hydrogen-bond acceptors (Lipinski definition) is 4. The summed E-state index contributed by atoms with van der Waals surface area (Å²) in [5.74, 6) is 0.0539. The molecule has 3 N–H and O–H groups in total. The number of hydrogen-bond donors (Lipinski definition) is 2. The van der Waals surface area contributed by atoms with Crippen molar-refractivity contribution in [2.75, 3.05) is 5.32 Å². The lowest BCUT2D eigenvalue weighted by Crippen LogP contribution is -2.45. The highest BCUT2D eigenvalue weighted by Gasteiger charge is 2.27. The van der Waals surface area contributed by atoms with Gasteiger partial charge >= 0.3 is 0 Å². The maximum absolute atomic E-state index is 11.7. The molecule has 0 saturated heterocycles. The van der Waals surface area contributed by atoms with Crippen LogP contribution < -0.4 is 11.1 Å². The summed E-state index contributed by atoms with van der Waals surface area (Å²) in [5.41, 5.74) is 5.48. The van der Waals surface area contributed by atoms with Gasteiger partial charge in [-0.3, -0.25) is 4.79 Å². The molecule has 0 aliphatic carbocycles. The molecule has 0 aliphatic heterocycles. The average molecular weight is 243 g/mol. The highest BCUT2D eigenvalue weighted by molar-refractivity contribution is 6.29. The smallest absolute Gasteiger partial charge is 0.243 e. The van der Waals surface area contributed by atoms with Crippen molar-refractivity contribution in [3.63, 3.8) is 0 Å². The minimum atomic E-state index is -0.607. The van der Waals surface area contributed by atoms with Gasteiger partial charge < -0.3 is 11.1 Å². The van der Waals surface area contributed by atoms with Gasteiger partial charge in [-0.15, -0.1) is 10.2 Å². The van der Waals surface area contributed by atoms with E-state index in [0.29, 0.717) is 5.82 Å². The first kappa shape index (κ1) is 12.9. The topological polar surface area (TPSA) is 80.9 Å². The van der Waals surface area contributed by atoms with Crippen molar-refractivity contribution >= 4 is 23.3 Å². The fourth-order valence-electron chi connectivity index (χ4n) is 0.980. The summed E-state index contributed by atoms with van der Waals surface area (Å²) in [6.45, 7) is 5.68. The molecule has 1 atom stereocenters. The number of rotatable bonds is 2. The molecule has 0 saturated carbocycles. The van der Waals surface area contributed by atoms with Crippen LogP contribution in [0.15, 0.2) is 12.1 Å². The highest BCUT2D eigenvalue weighted by Crippen LogP contribution is 2.18. The van der Waals surface area contributed by atoms with Gasteiger partial charge in [0.05, 0.1) is 6.04 Å². The molecule has 0 fully saturated rings. The van der Waals surface area contributed by atoms with Crippen LogP contribution in [-0.4, -0.2) is 22.1 Å². The summed E-state index contributed by atoms with van der Waals surface area (Å²) in [4.78, 5) is 11.7. The predicted molar refractivity (Wildman–Crippen MR) is 63.1 cm³/mol. The second kappa shape index (κ2) is 4.76. The molecule has 1 rings (SSSR count). The van der Waals surface area contributed by atoms with Crippen LogP contribution in [0.4, 0.5) is 5.82 Å². The summed E-state index contributed by atoms with van der Waals surface area (Å²) < 4.78 is 0. The molecule has 1 amide bonds. The molecule has 1 aromatic rings. The Morgan fingerprint density at radius 3 is 2.50 bits per heavy atom. The lowest BCUT2D eigenvalue weighted by atomic mass is 9.87. The minimum Gasteiger partial charge on any atom is -0.319 e. The van der Waals surface area contributed by atoms with Crippen LogP contribution in [0, 0.1) is 5.41 Å². The zero-order valence-corrected chi connectivity index (χ0v) is 10.2. The van der Waals surface area contributed by atoms with Gasteiger partial charge in [0.2, 0.25) is 5.91 Å². The fourth-order valence-corrected chi connectivity index (χ4v) is 1.08. The summed E-state index contributed by atoms with van der Waals surface area (Å²) in [6.07, 6.45) is 0. The van der Waals surface area contributed by atoms with E-state index >= 15 is 0 Å². The van der Waals surface area contributed by atoms with Crippen molar-refractivity contribution in [3.8, 4) is 0 Å². The summed E-state index contributed by atoms with van der Waals surface area (Å²) in [7, 11) is 0. The lowest BCUT2D eigenvalue weighted by Gasteiger charge is -2.25. The standard InChI is InChI=1S/C10H15ClN4O/c1-10(2,3)8(12)9(16)13-7-5-4-6(11)14-15-7/h4-5,8H,12H2,1-3H3,(H,13,15,16)/t8-/m1/s1. The fraction of sp³-hybridized carbons (Fsp3) is 0.500. The SMILES string of the molecule is CC(C)(C)[C@H](N)C(=O)Nc1ccc(Cl)nn1. The molecule has 0 spiro atoms. The molecule has 0 bridgehead atoms. The molecular weight excluding hydrogens is 228 g/mol. The number of amides is 1. The Balaban J connectivity index is 2.68. The van der Waals surface area contributed by atoms with Gasteiger partial charge in [0.1, 0.15) is 0 Å². The Kier molecular flexibility index (Phi) is 3.83. The van der Waals surface area contributed by atoms with E-state index in [2.05, 4.69) is 15.5 Å². The number of nitrogens with two attached hydrogens (primary N) is 1. The van der Waals surface area contributed by atoms with Gasteiger partial charge in [-0.2, -0.15) is 0 Å². The van der Waals surface area contributed by atoms with Crippen molar-refractivity contribution < 1.29 is 4.79 Å². The molecule has 88 valence electrons. The second-order valence-corrected chi connectivity index (χ2v) is 4.96. The van der Waals surface area contributed by atoms with E-state index in [-0.39, 0.29) is 16.5 Å². The number of carbonyl (C=O) groups excluding carboxylic acids is 1.